The van der Waals surface area contributed by atoms with E-state index in [9.17, 15) is 5.11 Å². The molecule has 1 aromatic carbocycles. The number of hydrogen-bond donors (Lipinski definition) is 2. The first-order valence-electron chi connectivity index (χ1n) is 6.60. The van der Waals surface area contributed by atoms with Crippen molar-refractivity contribution in [1.29, 1.82) is 0 Å². The summed E-state index contributed by atoms with van der Waals surface area (Å²) in [4.78, 5) is 0. The third kappa shape index (κ3) is 5.52. The van der Waals surface area contributed by atoms with Crippen LogP contribution in [-0.2, 0) is 6.54 Å². The molecule has 0 aliphatic carbocycles. The van der Waals surface area contributed by atoms with Gasteiger partial charge in [-0.1, -0.05) is 32.9 Å². The van der Waals surface area contributed by atoms with Crippen molar-refractivity contribution in [2.45, 2.75) is 52.3 Å². The Morgan fingerprint density at radius 3 is 2.39 bits per heavy atom. The summed E-state index contributed by atoms with van der Waals surface area (Å²) in [6.07, 6.45) is 0.684. The Morgan fingerprint density at radius 2 is 1.89 bits per heavy atom. The lowest BCUT2D eigenvalue weighted by Gasteiger charge is -2.21. The van der Waals surface area contributed by atoms with E-state index in [2.05, 4.69) is 19.2 Å². The average molecular weight is 251 g/mol. The van der Waals surface area contributed by atoms with Gasteiger partial charge in [-0.15, -0.1) is 0 Å². The van der Waals surface area contributed by atoms with Crippen molar-refractivity contribution in [1.82, 2.24) is 5.32 Å². The lowest BCUT2D eigenvalue weighted by atomic mass is 10.1. The number of aliphatic hydroxyl groups is 1. The molecule has 0 aromatic heterocycles. The van der Waals surface area contributed by atoms with E-state index >= 15 is 0 Å². The van der Waals surface area contributed by atoms with Crippen LogP contribution in [0.3, 0.4) is 0 Å². The van der Waals surface area contributed by atoms with Gasteiger partial charge in [0.1, 0.15) is 12.4 Å². The van der Waals surface area contributed by atoms with Crippen molar-refractivity contribution in [2.75, 3.05) is 6.61 Å². The second-order valence-electron chi connectivity index (χ2n) is 5.32. The van der Waals surface area contributed by atoms with E-state index in [0.717, 1.165) is 12.3 Å². The molecule has 2 N–H and O–H groups in total. The molecule has 0 spiro atoms. The molecule has 102 valence electrons. The summed E-state index contributed by atoms with van der Waals surface area (Å²) in [5, 5.41) is 13.2. The van der Waals surface area contributed by atoms with Crippen molar-refractivity contribution in [3.63, 3.8) is 0 Å². The van der Waals surface area contributed by atoms with Crippen molar-refractivity contribution < 1.29 is 9.84 Å². The molecule has 0 fully saturated rings. The summed E-state index contributed by atoms with van der Waals surface area (Å²) in [7, 11) is 0. The van der Waals surface area contributed by atoms with E-state index in [1.807, 2.05) is 31.2 Å². The van der Waals surface area contributed by atoms with Gasteiger partial charge in [-0.25, -0.2) is 0 Å². The maximum atomic E-state index is 9.85. The first-order valence-corrected chi connectivity index (χ1v) is 6.60. The molecule has 3 nitrogen and oxygen atoms in total. The van der Waals surface area contributed by atoms with Crippen molar-refractivity contribution in [2.24, 2.45) is 0 Å². The zero-order chi connectivity index (χ0) is 13.6. The van der Waals surface area contributed by atoms with Crippen LogP contribution in [0.1, 0.15) is 39.7 Å². The van der Waals surface area contributed by atoms with E-state index in [1.165, 1.54) is 5.56 Å². The number of benzene rings is 1. The second-order valence-corrected chi connectivity index (χ2v) is 5.32. The van der Waals surface area contributed by atoms with E-state index < -0.39 is 5.60 Å². The smallest absolute Gasteiger partial charge is 0.119 e. The highest BCUT2D eigenvalue weighted by molar-refractivity contribution is 5.27. The Labute approximate surface area is 110 Å². The van der Waals surface area contributed by atoms with Gasteiger partial charge in [0, 0.05) is 12.6 Å². The lowest BCUT2D eigenvalue weighted by molar-refractivity contribution is 0.00846. The van der Waals surface area contributed by atoms with Gasteiger partial charge in [0.25, 0.3) is 0 Å². The van der Waals surface area contributed by atoms with E-state index in [0.29, 0.717) is 19.1 Å². The molecule has 0 saturated heterocycles. The molecule has 18 heavy (non-hydrogen) atoms. The summed E-state index contributed by atoms with van der Waals surface area (Å²) in [5.41, 5.74) is 0.482. The standard InChI is InChI=1S/C15H25NO2/c1-5-15(4,17)11-18-14-8-6-13(7-9-14)10-16-12(2)3/h6-9,12,16-17H,5,10-11H2,1-4H3. The number of ether oxygens (including phenoxy) is 1. The Hall–Kier alpha value is -1.06. The van der Waals surface area contributed by atoms with E-state index in [-0.39, 0.29) is 0 Å². The summed E-state index contributed by atoms with van der Waals surface area (Å²) >= 11 is 0. The molecule has 1 unspecified atom stereocenters. The molecule has 1 atom stereocenters. The van der Waals surface area contributed by atoms with Gasteiger partial charge in [-0.05, 0) is 31.0 Å². The fourth-order valence-electron chi connectivity index (χ4n) is 1.37. The Kier molecular flexibility index (Phi) is 5.63. The first-order chi connectivity index (χ1) is 8.43. The highest BCUT2D eigenvalue weighted by Gasteiger charge is 2.18. The van der Waals surface area contributed by atoms with Crippen molar-refractivity contribution in [3.05, 3.63) is 29.8 Å². The SMILES string of the molecule is CCC(C)(O)COc1ccc(CNC(C)C)cc1. The number of hydrogen-bond acceptors (Lipinski definition) is 3. The predicted molar refractivity (Wildman–Crippen MR) is 74.8 cm³/mol. The van der Waals surface area contributed by atoms with Crippen LogP contribution in [0.5, 0.6) is 5.75 Å². The van der Waals surface area contributed by atoms with Crippen LogP contribution in [0.2, 0.25) is 0 Å². The molecule has 0 saturated carbocycles. The van der Waals surface area contributed by atoms with Gasteiger partial charge in [0.15, 0.2) is 0 Å². The third-order valence-electron chi connectivity index (χ3n) is 2.95. The molecule has 0 aliphatic heterocycles. The summed E-state index contributed by atoms with van der Waals surface area (Å²) < 4.78 is 5.57. The molecule has 0 amide bonds. The summed E-state index contributed by atoms with van der Waals surface area (Å²) in [5.74, 6) is 0.803. The van der Waals surface area contributed by atoms with Crippen LogP contribution in [-0.4, -0.2) is 23.4 Å². The fraction of sp³-hybridized carbons (Fsp3) is 0.600. The van der Waals surface area contributed by atoms with Gasteiger partial charge in [0.2, 0.25) is 0 Å². The van der Waals surface area contributed by atoms with Gasteiger partial charge < -0.3 is 15.2 Å². The van der Waals surface area contributed by atoms with Crippen LogP contribution < -0.4 is 10.1 Å². The quantitative estimate of drug-likeness (QED) is 0.783. The predicted octanol–water partition coefficient (Wildman–Crippen LogP) is 2.72. The van der Waals surface area contributed by atoms with Gasteiger partial charge in [-0.3, -0.25) is 0 Å². The number of nitrogens with one attached hydrogen (secondary N) is 1. The molecule has 0 aliphatic rings. The van der Waals surface area contributed by atoms with Crippen LogP contribution in [0.4, 0.5) is 0 Å². The molecular weight excluding hydrogens is 226 g/mol. The van der Waals surface area contributed by atoms with Crippen LogP contribution in [0.25, 0.3) is 0 Å². The van der Waals surface area contributed by atoms with E-state index in [4.69, 9.17) is 4.74 Å². The van der Waals surface area contributed by atoms with Crippen LogP contribution in [0.15, 0.2) is 24.3 Å². The summed E-state index contributed by atoms with van der Waals surface area (Å²) in [6, 6.07) is 8.48. The van der Waals surface area contributed by atoms with Crippen LogP contribution >= 0.6 is 0 Å². The molecule has 0 bridgehead atoms. The molecular formula is C15H25NO2. The highest BCUT2D eigenvalue weighted by atomic mass is 16.5. The van der Waals surface area contributed by atoms with Crippen LogP contribution in [0, 0.1) is 0 Å². The normalized spacial score (nSPS) is 14.6. The highest BCUT2D eigenvalue weighted by Crippen LogP contribution is 2.16. The summed E-state index contributed by atoms with van der Waals surface area (Å²) in [6.45, 7) is 9.18. The minimum absolute atomic E-state index is 0.326. The lowest BCUT2D eigenvalue weighted by Crippen LogP contribution is -2.31. The minimum atomic E-state index is -0.752. The molecule has 1 aromatic rings. The maximum Gasteiger partial charge on any atom is 0.119 e. The molecule has 0 heterocycles. The number of rotatable bonds is 7. The first kappa shape index (κ1) is 15.0. The Bertz CT molecular complexity index is 344. The molecule has 1 rings (SSSR count). The molecule has 3 heteroatoms. The van der Waals surface area contributed by atoms with Gasteiger partial charge in [-0.2, -0.15) is 0 Å². The van der Waals surface area contributed by atoms with Crippen molar-refractivity contribution >= 4 is 0 Å². The zero-order valence-electron chi connectivity index (χ0n) is 11.9. The van der Waals surface area contributed by atoms with Crippen molar-refractivity contribution in [3.8, 4) is 5.75 Å². The average Bonchev–Trinajstić information content (AvgIpc) is 2.35. The third-order valence-corrected chi connectivity index (χ3v) is 2.95. The monoisotopic (exact) mass is 251 g/mol. The second kappa shape index (κ2) is 6.76. The van der Waals surface area contributed by atoms with E-state index in [1.54, 1.807) is 6.92 Å². The fourth-order valence-corrected chi connectivity index (χ4v) is 1.37. The Morgan fingerprint density at radius 1 is 1.28 bits per heavy atom. The maximum absolute atomic E-state index is 9.85. The largest absolute Gasteiger partial charge is 0.491 e. The molecule has 0 radical (unpaired) electrons. The van der Waals surface area contributed by atoms with Gasteiger partial charge in [0.05, 0.1) is 5.60 Å². The Balaban J connectivity index is 2.45. The van der Waals surface area contributed by atoms with Gasteiger partial charge >= 0.3 is 0 Å². The topological polar surface area (TPSA) is 41.5 Å². The minimum Gasteiger partial charge on any atom is -0.491 e. The zero-order valence-corrected chi connectivity index (χ0v) is 11.9.